The quantitative estimate of drug-likeness (QED) is 0.308. The van der Waals surface area contributed by atoms with E-state index in [9.17, 15) is 0 Å². The molecule has 0 saturated carbocycles. The molecule has 0 atom stereocenters. The van der Waals surface area contributed by atoms with Gasteiger partial charge in [-0.05, 0) is 38.5 Å². The van der Waals surface area contributed by atoms with Crippen molar-refractivity contribution in [2.24, 2.45) is 5.84 Å². The normalized spacial score (nSPS) is 11.5. The van der Waals surface area contributed by atoms with Gasteiger partial charge in [0.25, 0.3) is 0 Å². The molecular weight excluding hydrogens is 384 g/mol. The van der Waals surface area contributed by atoms with Crippen LogP contribution in [0.1, 0.15) is 26.3 Å². The minimum atomic E-state index is -0.533. The molecule has 0 saturated heterocycles. The van der Waals surface area contributed by atoms with Gasteiger partial charge in [-0.2, -0.15) is 10.1 Å². The Morgan fingerprint density at radius 3 is 2.60 bits per heavy atom. The van der Waals surface area contributed by atoms with Crippen LogP contribution >= 0.6 is 0 Å². The Balaban J connectivity index is 1.79. The second-order valence-corrected chi connectivity index (χ2v) is 7.18. The van der Waals surface area contributed by atoms with Crippen LogP contribution in [0.25, 0.3) is 0 Å². The van der Waals surface area contributed by atoms with Crippen LogP contribution in [-0.2, 0) is 16.9 Å². The lowest BCUT2D eigenvalue weighted by Gasteiger charge is -2.26. The summed E-state index contributed by atoms with van der Waals surface area (Å²) in [7, 11) is 0. The Bertz CT molecular complexity index is 971. The first-order chi connectivity index (χ1) is 14.3. The van der Waals surface area contributed by atoms with Crippen LogP contribution < -0.4 is 21.9 Å². The molecule has 1 aromatic carbocycles. The molecule has 10 heteroatoms. The van der Waals surface area contributed by atoms with Gasteiger partial charge in [0.2, 0.25) is 5.95 Å². The monoisotopic (exact) mass is 412 g/mol. The van der Waals surface area contributed by atoms with Crippen molar-refractivity contribution in [3.8, 4) is 0 Å². The molecule has 10 nitrogen and oxygen atoms in total. The molecule has 0 unspecified atom stereocenters. The Hall–Kier alpha value is -3.21. The Labute approximate surface area is 175 Å². The predicted octanol–water partition coefficient (Wildman–Crippen LogP) is 2.27. The topological polar surface area (TPSA) is 140 Å². The largest absolute Gasteiger partial charge is 0.394 e. The van der Waals surface area contributed by atoms with E-state index >= 15 is 0 Å². The highest BCUT2D eigenvalue weighted by atomic mass is 16.5. The highest BCUT2D eigenvalue weighted by Gasteiger charge is 2.21. The van der Waals surface area contributed by atoms with E-state index in [0.29, 0.717) is 23.1 Å². The number of nitrogens with one attached hydrogen (secondary N) is 1. The maximum absolute atomic E-state index is 8.99. The van der Waals surface area contributed by atoms with E-state index in [2.05, 4.69) is 20.4 Å². The maximum atomic E-state index is 8.99. The number of rotatable bonds is 9. The van der Waals surface area contributed by atoms with E-state index in [0.717, 1.165) is 17.8 Å². The minimum absolute atomic E-state index is 0.0271. The maximum Gasteiger partial charge on any atom is 0.229 e. The summed E-state index contributed by atoms with van der Waals surface area (Å²) in [5, 5.41) is 17.7. The van der Waals surface area contributed by atoms with Crippen LogP contribution in [0.5, 0.6) is 0 Å². The zero-order valence-electron chi connectivity index (χ0n) is 17.4. The molecule has 0 aliphatic rings. The number of hydrazine groups is 1. The van der Waals surface area contributed by atoms with Crippen LogP contribution in [0.3, 0.4) is 0 Å². The third-order valence-electron chi connectivity index (χ3n) is 4.63. The van der Waals surface area contributed by atoms with Gasteiger partial charge >= 0.3 is 0 Å². The number of nitrogens with two attached hydrogens (primary N) is 2. The standard InChI is InChI=1S/C20H28N8O2/c1-4-27-13-15(11-24-27)25-19-23-12-17(21)18(26-19)28(22)16-7-5-14(6-8-16)20(2,3)30-10-9-29/h5-8,11-13,29H,4,9-10,21-22H2,1-3H3,(H,23,25,26). The first-order valence-electron chi connectivity index (χ1n) is 9.66. The lowest BCUT2D eigenvalue weighted by Crippen LogP contribution is -2.28. The first kappa shape index (κ1) is 21.5. The minimum Gasteiger partial charge on any atom is -0.394 e. The van der Waals surface area contributed by atoms with Crippen LogP contribution in [0, 0.1) is 0 Å². The number of hydrogen-bond donors (Lipinski definition) is 4. The van der Waals surface area contributed by atoms with E-state index < -0.39 is 5.60 Å². The summed E-state index contributed by atoms with van der Waals surface area (Å²) < 4.78 is 7.50. The van der Waals surface area contributed by atoms with Gasteiger partial charge in [-0.25, -0.2) is 10.8 Å². The molecule has 0 aliphatic carbocycles. The van der Waals surface area contributed by atoms with Gasteiger partial charge in [0.15, 0.2) is 5.82 Å². The predicted molar refractivity (Wildman–Crippen MR) is 116 cm³/mol. The third-order valence-corrected chi connectivity index (χ3v) is 4.63. The van der Waals surface area contributed by atoms with Crippen molar-refractivity contribution in [3.63, 3.8) is 0 Å². The second kappa shape index (κ2) is 9.08. The molecule has 3 aromatic rings. The van der Waals surface area contributed by atoms with Crippen molar-refractivity contribution in [2.45, 2.75) is 32.9 Å². The van der Waals surface area contributed by atoms with Crippen LogP contribution in [0.15, 0.2) is 42.9 Å². The fourth-order valence-corrected chi connectivity index (χ4v) is 2.90. The SMILES string of the molecule is CCn1cc(Nc2ncc(N)c(N(N)c3ccc(C(C)(C)OCCO)cc3)n2)cn1. The highest BCUT2D eigenvalue weighted by Crippen LogP contribution is 2.30. The fraction of sp³-hybridized carbons (Fsp3) is 0.350. The van der Waals surface area contributed by atoms with Crippen molar-refractivity contribution in [1.29, 1.82) is 0 Å². The molecular formula is C20H28N8O2. The van der Waals surface area contributed by atoms with Gasteiger partial charge in [-0.3, -0.25) is 9.69 Å². The second-order valence-electron chi connectivity index (χ2n) is 7.18. The molecule has 0 radical (unpaired) electrons. The van der Waals surface area contributed by atoms with Gasteiger partial charge in [-0.1, -0.05) is 12.1 Å². The highest BCUT2D eigenvalue weighted by molar-refractivity contribution is 5.71. The van der Waals surface area contributed by atoms with Crippen LogP contribution in [0.4, 0.5) is 28.8 Å². The summed E-state index contributed by atoms with van der Waals surface area (Å²) in [5.41, 5.74) is 8.31. The van der Waals surface area contributed by atoms with Crippen molar-refractivity contribution in [1.82, 2.24) is 19.7 Å². The molecule has 0 spiro atoms. The number of ether oxygens (including phenoxy) is 1. The van der Waals surface area contributed by atoms with Gasteiger partial charge < -0.3 is 20.9 Å². The lowest BCUT2D eigenvalue weighted by atomic mass is 9.98. The molecule has 0 aliphatic heterocycles. The summed E-state index contributed by atoms with van der Waals surface area (Å²) >= 11 is 0. The first-order valence-corrected chi connectivity index (χ1v) is 9.66. The molecule has 30 heavy (non-hydrogen) atoms. The molecule has 160 valence electrons. The zero-order chi connectivity index (χ0) is 21.7. The summed E-state index contributed by atoms with van der Waals surface area (Å²) in [6.45, 7) is 6.90. The van der Waals surface area contributed by atoms with E-state index in [-0.39, 0.29) is 13.2 Å². The summed E-state index contributed by atoms with van der Waals surface area (Å²) in [6.07, 6.45) is 5.07. The fourth-order valence-electron chi connectivity index (χ4n) is 2.90. The number of aliphatic hydroxyl groups is 1. The van der Waals surface area contributed by atoms with Gasteiger partial charge in [0.1, 0.15) is 0 Å². The average molecular weight is 412 g/mol. The number of anilines is 5. The Morgan fingerprint density at radius 2 is 1.97 bits per heavy atom. The van der Waals surface area contributed by atoms with E-state index in [4.69, 9.17) is 21.4 Å². The summed E-state index contributed by atoms with van der Waals surface area (Å²) in [4.78, 5) is 8.67. The van der Waals surface area contributed by atoms with Gasteiger partial charge in [0.05, 0.1) is 48.3 Å². The summed E-state index contributed by atoms with van der Waals surface area (Å²) in [5.74, 6) is 7.03. The smallest absolute Gasteiger partial charge is 0.229 e. The van der Waals surface area contributed by atoms with Gasteiger partial charge in [0, 0.05) is 12.7 Å². The summed E-state index contributed by atoms with van der Waals surface area (Å²) in [6, 6.07) is 7.56. The Kier molecular flexibility index (Phi) is 6.50. The number of hydrogen-bond acceptors (Lipinski definition) is 9. The third kappa shape index (κ3) is 4.85. The molecule has 0 amide bonds. The molecule has 3 rings (SSSR count). The lowest BCUT2D eigenvalue weighted by molar-refractivity contribution is -0.0369. The molecule has 0 bridgehead atoms. The molecule has 2 aromatic heterocycles. The van der Waals surface area contributed by atoms with Crippen molar-refractivity contribution >= 4 is 28.8 Å². The number of aromatic nitrogens is 4. The van der Waals surface area contributed by atoms with Crippen molar-refractivity contribution in [3.05, 3.63) is 48.4 Å². The van der Waals surface area contributed by atoms with Crippen LogP contribution in [-0.4, -0.2) is 38.1 Å². The molecule has 6 N–H and O–H groups in total. The molecule has 0 fully saturated rings. The van der Waals surface area contributed by atoms with E-state index in [1.807, 2.05) is 51.2 Å². The number of nitrogen functional groups attached to an aromatic ring is 1. The average Bonchev–Trinajstić information content (AvgIpc) is 3.21. The number of aliphatic hydroxyl groups excluding tert-OH is 1. The van der Waals surface area contributed by atoms with Crippen molar-refractivity contribution in [2.75, 3.05) is 29.3 Å². The Morgan fingerprint density at radius 1 is 1.23 bits per heavy atom. The van der Waals surface area contributed by atoms with E-state index in [1.54, 1.807) is 10.9 Å². The van der Waals surface area contributed by atoms with E-state index in [1.165, 1.54) is 11.2 Å². The van der Waals surface area contributed by atoms with Crippen LogP contribution in [0.2, 0.25) is 0 Å². The number of nitrogens with zero attached hydrogens (tertiary/aromatic N) is 5. The van der Waals surface area contributed by atoms with Crippen molar-refractivity contribution < 1.29 is 9.84 Å². The molecule has 2 heterocycles. The van der Waals surface area contributed by atoms with Gasteiger partial charge in [-0.15, -0.1) is 0 Å². The zero-order valence-corrected chi connectivity index (χ0v) is 17.4. The number of benzene rings is 1. The number of aryl methyl sites for hydroxylation is 1.